The second kappa shape index (κ2) is 10.3. The van der Waals surface area contributed by atoms with Gasteiger partial charge in [-0.2, -0.15) is 5.10 Å². The highest BCUT2D eigenvalue weighted by atomic mass is 16.1. The number of aromatic nitrogens is 2. The molecule has 1 saturated heterocycles. The van der Waals surface area contributed by atoms with Crippen molar-refractivity contribution in [2.45, 2.75) is 19.8 Å². The number of nitrogens with zero attached hydrogens (tertiary/aromatic N) is 4. The van der Waals surface area contributed by atoms with Crippen molar-refractivity contribution in [3.63, 3.8) is 0 Å². The highest BCUT2D eigenvalue weighted by Gasteiger charge is 2.18. The lowest BCUT2D eigenvalue weighted by molar-refractivity contribution is 0.0942. The second-order valence-electron chi connectivity index (χ2n) is 7.94. The van der Waals surface area contributed by atoms with E-state index in [0.29, 0.717) is 12.2 Å². The maximum atomic E-state index is 12.7. The number of hydrogen-bond donors (Lipinski definition) is 1. The Kier molecular flexibility index (Phi) is 6.99. The fourth-order valence-electron chi connectivity index (χ4n) is 4.04. The summed E-state index contributed by atoms with van der Waals surface area (Å²) in [5.41, 5.74) is 3.82. The molecule has 0 aliphatic carbocycles. The van der Waals surface area contributed by atoms with Crippen LogP contribution in [0.25, 0.3) is 5.69 Å². The molecule has 0 saturated carbocycles. The molecule has 0 radical (unpaired) electrons. The largest absolute Gasteiger partial charge is 0.369 e. The number of nitrogens with one attached hydrogen (secondary N) is 1. The van der Waals surface area contributed by atoms with Crippen molar-refractivity contribution < 1.29 is 4.79 Å². The topological polar surface area (TPSA) is 53.4 Å². The predicted molar refractivity (Wildman–Crippen MR) is 125 cm³/mol. The SMILES string of the molecule is CCCc1cc(C(=O)NCCN2CCN(c3ccccc3)CC2)nn1-c1ccccc1. The van der Waals surface area contributed by atoms with Gasteiger partial charge in [0, 0.05) is 50.6 Å². The van der Waals surface area contributed by atoms with Crippen LogP contribution in [0.15, 0.2) is 66.7 Å². The number of rotatable bonds is 8. The highest BCUT2D eigenvalue weighted by molar-refractivity contribution is 5.92. The van der Waals surface area contributed by atoms with Gasteiger partial charge in [0.2, 0.25) is 0 Å². The number of aryl methyl sites for hydroxylation is 1. The molecule has 2 heterocycles. The van der Waals surface area contributed by atoms with Gasteiger partial charge in [-0.05, 0) is 36.8 Å². The van der Waals surface area contributed by atoms with Gasteiger partial charge < -0.3 is 10.2 Å². The zero-order valence-corrected chi connectivity index (χ0v) is 18.2. The van der Waals surface area contributed by atoms with Crippen LogP contribution in [0.2, 0.25) is 0 Å². The van der Waals surface area contributed by atoms with Crippen LogP contribution in [-0.2, 0) is 6.42 Å². The minimum atomic E-state index is -0.102. The molecule has 0 spiro atoms. The Labute approximate surface area is 184 Å². The van der Waals surface area contributed by atoms with Crippen molar-refractivity contribution in [1.29, 1.82) is 0 Å². The summed E-state index contributed by atoms with van der Waals surface area (Å²) in [7, 11) is 0. The summed E-state index contributed by atoms with van der Waals surface area (Å²) in [4.78, 5) is 17.5. The predicted octanol–water partition coefficient (Wildman–Crippen LogP) is 3.38. The third-order valence-electron chi connectivity index (χ3n) is 5.73. The fraction of sp³-hybridized carbons (Fsp3) is 0.360. The van der Waals surface area contributed by atoms with E-state index in [9.17, 15) is 4.79 Å². The van der Waals surface area contributed by atoms with E-state index >= 15 is 0 Å². The van der Waals surface area contributed by atoms with Crippen LogP contribution in [0, 0.1) is 0 Å². The van der Waals surface area contributed by atoms with Gasteiger partial charge in [0.1, 0.15) is 0 Å². The third kappa shape index (κ3) is 5.33. The summed E-state index contributed by atoms with van der Waals surface area (Å²) < 4.78 is 1.89. The lowest BCUT2D eigenvalue weighted by Crippen LogP contribution is -2.48. The average molecular weight is 418 g/mol. The molecule has 1 aromatic heterocycles. The van der Waals surface area contributed by atoms with Crippen LogP contribution in [0.4, 0.5) is 5.69 Å². The van der Waals surface area contributed by atoms with Crippen LogP contribution in [0.1, 0.15) is 29.5 Å². The molecule has 3 aromatic rings. The molecule has 1 aliphatic rings. The molecule has 31 heavy (non-hydrogen) atoms. The minimum absolute atomic E-state index is 0.102. The first-order valence-corrected chi connectivity index (χ1v) is 11.2. The van der Waals surface area contributed by atoms with Crippen LogP contribution >= 0.6 is 0 Å². The number of para-hydroxylation sites is 2. The molecular weight excluding hydrogens is 386 g/mol. The van der Waals surface area contributed by atoms with Gasteiger partial charge in [-0.3, -0.25) is 9.69 Å². The van der Waals surface area contributed by atoms with Crippen LogP contribution in [0.3, 0.4) is 0 Å². The molecule has 4 rings (SSSR count). The molecule has 1 fully saturated rings. The zero-order chi connectivity index (χ0) is 21.5. The van der Waals surface area contributed by atoms with Crippen molar-refractivity contribution in [2.24, 2.45) is 0 Å². The Balaban J connectivity index is 1.28. The number of anilines is 1. The molecule has 162 valence electrons. The smallest absolute Gasteiger partial charge is 0.271 e. The van der Waals surface area contributed by atoms with E-state index in [1.54, 1.807) is 0 Å². The Morgan fingerprint density at radius 1 is 0.935 bits per heavy atom. The molecule has 0 unspecified atom stereocenters. The van der Waals surface area contributed by atoms with Crippen molar-refractivity contribution in [3.05, 3.63) is 78.1 Å². The van der Waals surface area contributed by atoms with Crippen molar-refractivity contribution >= 4 is 11.6 Å². The second-order valence-corrected chi connectivity index (χ2v) is 7.94. The zero-order valence-electron chi connectivity index (χ0n) is 18.2. The van der Waals surface area contributed by atoms with Crippen LogP contribution in [0.5, 0.6) is 0 Å². The Morgan fingerprint density at radius 3 is 2.23 bits per heavy atom. The Morgan fingerprint density at radius 2 is 1.58 bits per heavy atom. The van der Waals surface area contributed by atoms with E-state index in [4.69, 9.17) is 0 Å². The fourth-order valence-corrected chi connectivity index (χ4v) is 4.04. The number of hydrogen-bond acceptors (Lipinski definition) is 4. The van der Waals surface area contributed by atoms with Crippen molar-refractivity contribution in [3.8, 4) is 5.69 Å². The first-order valence-electron chi connectivity index (χ1n) is 11.2. The quantitative estimate of drug-likeness (QED) is 0.611. The number of carbonyl (C=O) groups excluding carboxylic acids is 1. The van der Waals surface area contributed by atoms with Crippen molar-refractivity contribution in [2.75, 3.05) is 44.2 Å². The summed E-state index contributed by atoms with van der Waals surface area (Å²) in [5, 5.41) is 7.65. The molecule has 0 atom stereocenters. The van der Waals surface area contributed by atoms with Gasteiger partial charge in [-0.1, -0.05) is 49.7 Å². The molecule has 1 N–H and O–H groups in total. The summed E-state index contributed by atoms with van der Waals surface area (Å²) >= 11 is 0. The van der Waals surface area contributed by atoms with Crippen LogP contribution in [-0.4, -0.2) is 59.9 Å². The highest BCUT2D eigenvalue weighted by Crippen LogP contribution is 2.16. The molecule has 2 aromatic carbocycles. The number of carbonyl (C=O) groups is 1. The van der Waals surface area contributed by atoms with Gasteiger partial charge in [0.25, 0.3) is 5.91 Å². The standard InChI is InChI=1S/C25H31N5O/c1-2-9-23-20-24(27-30(23)22-12-7-4-8-13-22)25(31)26-14-15-28-16-18-29(19-17-28)21-10-5-3-6-11-21/h3-8,10-13,20H,2,9,14-19H2,1H3,(H,26,31). The van der Waals surface area contributed by atoms with Crippen LogP contribution < -0.4 is 10.2 Å². The van der Waals surface area contributed by atoms with Gasteiger partial charge in [0.05, 0.1) is 5.69 Å². The van der Waals surface area contributed by atoms with E-state index in [1.165, 1.54) is 5.69 Å². The summed E-state index contributed by atoms with van der Waals surface area (Å²) in [6.45, 7) is 7.67. The number of amides is 1. The summed E-state index contributed by atoms with van der Waals surface area (Å²) in [5.74, 6) is -0.102. The first kappa shape index (κ1) is 21.1. The van der Waals surface area contributed by atoms with E-state index in [0.717, 1.165) is 56.9 Å². The first-order chi connectivity index (χ1) is 15.2. The lowest BCUT2D eigenvalue weighted by atomic mass is 10.2. The summed E-state index contributed by atoms with van der Waals surface area (Å²) in [6.07, 6.45) is 1.90. The molecule has 1 amide bonds. The van der Waals surface area contributed by atoms with Crippen molar-refractivity contribution in [1.82, 2.24) is 20.0 Å². The molecule has 0 bridgehead atoms. The van der Waals surface area contributed by atoms with Gasteiger partial charge in [-0.25, -0.2) is 4.68 Å². The number of benzene rings is 2. The average Bonchev–Trinajstić information content (AvgIpc) is 3.25. The molecule has 6 heteroatoms. The van der Waals surface area contributed by atoms with E-state index in [-0.39, 0.29) is 5.91 Å². The lowest BCUT2D eigenvalue weighted by Gasteiger charge is -2.36. The molecule has 1 aliphatic heterocycles. The third-order valence-corrected chi connectivity index (χ3v) is 5.73. The summed E-state index contributed by atoms with van der Waals surface area (Å²) in [6, 6.07) is 22.5. The van der Waals surface area contributed by atoms with E-state index < -0.39 is 0 Å². The van der Waals surface area contributed by atoms with Gasteiger partial charge >= 0.3 is 0 Å². The van der Waals surface area contributed by atoms with Gasteiger partial charge in [-0.15, -0.1) is 0 Å². The number of piperazine rings is 1. The molecular formula is C25H31N5O. The monoisotopic (exact) mass is 417 g/mol. The molecule has 6 nitrogen and oxygen atoms in total. The maximum absolute atomic E-state index is 12.7. The van der Waals surface area contributed by atoms with Gasteiger partial charge in [0.15, 0.2) is 5.69 Å². The van der Waals surface area contributed by atoms with E-state index in [2.05, 4.69) is 57.5 Å². The normalized spacial score (nSPS) is 14.5. The minimum Gasteiger partial charge on any atom is -0.369 e. The Hall–Kier alpha value is -3.12. The Bertz CT molecular complexity index is 962. The maximum Gasteiger partial charge on any atom is 0.271 e. The van der Waals surface area contributed by atoms with E-state index in [1.807, 2.05) is 41.1 Å².